The van der Waals surface area contributed by atoms with Gasteiger partial charge in [0, 0.05) is 31.2 Å². The van der Waals surface area contributed by atoms with E-state index in [4.69, 9.17) is 14.2 Å². The van der Waals surface area contributed by atoms with Gasteiger partial charge in [-0.2, -0.15) is 0 Å². The van der Waals surface area contributed by atoms with Crippen LogP contribution in [0.1, 0.15) is 42.6 Å². The summed E-state index contributed by atoms with van der Waals surface area (Å²) >= 11 is 0. The van der Waals surface area contributed by atoms with Crippen LogP contribution in [0, 0.1) is 0 Å². The maximum atomic E-state index is 13.0. The second kappa shape index (κ2) is 11.6. The SMILES string of the molecule is COc1cc(C(=O)NC2CCN(CC=C(C)C)CC2)cc(OC)c1OCc1ccccc1. The first-order valence-corrected chi connectivity index (χ1v) is 11.1. The Labute approximate surface area is 191 Å². The lowest BCUT2D eigenvalue weighted by atomic mass is 10.0. The second-order valence-electron chi connectivity index (χ2n) is 8.31. The molecule has 1 aliphatic heterocycles. The van der Waals surface area contributed by atoms with Crippen molar-refractivity contribution >= 4 is 5.91 Å². The van der Waals surface area contributed by atoms with Crippen LogP contribution in [0.15, 0.2) is 54.1 Å². The number of nitrogens with one attached hydrogen (secondary N) is 1. The lowest BCUT2D eigenvalue weighted by Gasteiger charge is -2.31. The van der Waals surface area contributed by atoms with E-state index in [1.807, 2.05) is 30.3 Å². The van der Waals surface area contributed by atoms with Crippen molar-refractivity contribution in [2.75, 3.05) is 33.9 Å². The van der Waals surface area contributed by atoms with Crippen molar-refractivity contribution in [2.24, 2.45) is 0 Å². The van der Waals surface area contributed by atoms with Crippen LogP contribution in [-0.2, 0) is 6.61 Å². The first kappa shape index (κ1) is 23.7. The molecular weight excluding hydrogens is 404 g/mol. The molecule has 6 heteroatoms. The summed E-state index contributed by atoms with van der Waals surface area (Å²) in [5, 5.41) is 3.17. The van der Waals surface area contributed by atoms with Gasteiger partial charge in [0.15, 0.2) is 11.5 Å². The molecular formula is C26H34N2O4. The zero-order valence-corrected chi connectivity index (χ0v) is 19.5. The topological polar surface area (TPSA) is 60.0 Å². The molecule has 32 heavy (non-hydrogen) atoms. The first-order chi connectivity index (χ1) is 15.5. The number of ether oxygens (including phenoxy) is 3. The third-order valence-electron chi connectivity index (χ3n) is 5.63. The van der Waals surface area contributed by atoms with Crippen LogP contribution >= 0.6 is 0 Å². The number of carbonyl (C=O) groups excluding carboxylic acids is 1. The normalized spacial score (nSPS) is 14.5. The van der Waals surface area contributed by atoms with E-state index in [1.54, 1.807) is 26.4 Å². The van der Waals surface area contributed by atoms with Gasteiger partial charge in [-0.3, -0.25) is 9.69 Å². The minimum Gasteiger partial charge on any atom is -0.493 e. The molecule has 3 rings (SSSR count). The minimum absolute atomic E-state index is 0.126. The van der Waals surface area contributed by atoms with Crippen molar-refractivity contribution in [1.82, 2.24) is 10.2 Å². The molecule has 1 fully saturated rings. The van der Waals surface area contributed by atoms with Crippen LogP contribution < -0.4 is 19.5 Å². The first-order valence-electron chi connectivity index (χ1n) is 11.1. The monoisotopic (exact) mass is 438 g/mol. The molecule has 1 aliphatic rings. The molecule has 1 N–H and O–H groups in total. The van der Waals surface area contributed by atoms with Crippen LogP contribution in [0.4, 0.5) is 0 Å². The van der Waals surface area contributed by atoms with Crippen LogP contribution in [0.2, 0.25) is 0 Å². The molecule has 0 unspecified atom stereocenters. The number of allylic oxidation sites excluding steroid dienone is 1. The second-order valence-corrected chi connectivity index (χ2v) is 8.31. The number of amides is 1. The highest BCUT2D eigenvalue weighted by Gasteiger charge is 2.23. The average Bonchev–Trinajstić information content (AvgIpc) is 2.82. The van der Waals surface area contributed by atoms with E-state index in [0.717, 1.165) is 38.0 Å². The summed E-state index contributed by atoms with van der Waals surface area (Å²) in [7, 11) is 3.13. The fraction of sp³-hybridized carbons (Fsp3) is 0.423. The van der Waals surface area contributed by atoms with Crippen molar-refractivity contribution in [3.05, 3.63) is 65.2 Å². The zero-order chi connectivity index (χ0) is 22.9. The number of benzene rings is 2. The molecule has 0 aromatic heterocycles. The third-order valence-corrected chi connectivity index (χ3v) is 5.63. The van der Waals surface area contributed by atoms with Gasteiger partial charge < -0.3 is 19.5 Å². The number of piperidine rings is 1. The van der Waals surface area contributed by atoms with Gasteiger partial charge in [-0.05, 0) is 44.4 Å². The molecule has 0 spiro atoms. The predicted octanol–water partition coefficient (Wildman–Crippen LogP) is 4.44. The van der Waals surface area contributed by atoms with Gasteiger partial charge in [0.25, 0.3) is 5.91 Å². The van der Waals surface area contributed by atoms with Crippen LogP contribution in [-0.4, -0.2) is 50.7 Å². The number of carbonyl (C=O) groups is 1. The van der Waals surface area contributed by atoms with E-state index < -0.39 is 0 Å². The Morgan fingerprint density at radius 3 is 2.25 bits per heavy atom. The number of methoxy groups -OCH3 is 2. The maximum Gasteiger partial charge on any atom is 0.251 e. The number of likely N-dealkylation sites (tertiary alicyclic amines) is 1. The van der Waals surface area contributed by atoms with Crippen molar-refractivity contribution in [1.29, 1.82) is 0 Å². The lowest BCUT2D eigenvalue weighted by molar-refractivity contribution is 0.0913. The van der Waals surface area contributed by atoms with Crippen molar-refractivity contribution in [3.63, 3.8) is 0 Å². The Kier molecular flexibility index (Phi) is 8.56. The van der Waals surface area contributed by atoms with Gasteiger partial charge in [0.05, 0.1) is 14.2 Å². The largest absolute Gasteiger partial charge is 0.493 e. The van der Waals surface area contributed by atoms with E-state index in [0.29, 0.717) is 29.4 Å². The van der Waals surface area contributed by atoms with Gasteiger partial charge in [-0.15, -0.1) is 0 Å². The fourth-order valence-electron chi connectivity index (χ4n) is 3.72. The Morgan fingerprint density at radius 2 is 1.69 bits per heavy atom. The van der Waals surface area contributed by atoms with E-state index >= 15 is 0 Å². The summed E-state index contributed by atoms with van der Waals surface area (Å²) in [4.78, 5) is 15.4. The van der Waals surface area contributed by atoms with Crippen molar-refractivity contribution in [3.8, 4) is 17.2 Å². The Balaban J connectivity index is 1.64. The third kappa shape index (κ3) is 6.50. The Morgan fingerprint density at radius 1 is 1.06 bits per heavy atom. The van der Waals surface area contributed by atoms with Crippen molar-refractivity contribution < 1.29 is 19.0 Å². The van der Waals surface area contributed by atoms with E-state index in [9.17, 15) is 4.79 Å². The minimum atomic E-state index is -0.126. The zero-order valence-electron chi connectivity index (χ0n) is 19.5. The molecule has 6 nitrogen and oxygen atoms in total. The molecule has 0 atom stereocenters. The smallest absolute Gasteiger partial charge is 0.251 e. The summed E-state index contributed by atoms with van der Waals surface area (Å²) in [6.45, 7) is 7.55. The molecule has 1 amide bonds. The van der Waals surface area contributed by atoms with Gasteiger partial charge in [0.2, 0.25) is 5.75 Å². The standard InChI is InChI=1S/C26H34N2O4/c1-19(2)10-13-28-14-11-22(12-15-28)27-26(29)21-16-23(30-3)25(24(17-21)31-4)32-18-20-8-6-5-7-9-20/h5-10,16-17,22H,11-15,18H2,1-4H3,(H,27,29). The lowest BCUT2D eigenvalue weighted by Crippen LogP contribution is -2.44. The molecule has 0 aliphatic carbocycles. The van der Waals surface area contributed by atoms with E-state index in [1.165, 1.54) is 5.57 Å². The van der Waals surface area contributed by atoms with E-state index in [2.05, 4.69) is 30.1 Å². The molecule has 0 radical (unpaired) electrons. The molecule has 2 aromatic rings. The molecule has 172 valence electrons. The average molecular weight is 439 g/mol. The quantitative estimate of drug-likeness (QED) is 0.587. The van der Waals surface area contributed by atoms with Gasteiger partial charge in [0.1, 0.15) is 6.61 Å². The molecule has 0 saturated carbocycles. The maximum absolute atomic E-state index is 13.0. The Bertz CT molecular complexity index is 890. The number of rotatable bonds is 9. The highest BCUT2D eigenvalue weighted by molar-refractivity contribution is 5.95. The number of nitrogens with zero attached hydrogens (tertiary/aromatic N) is 1. The van der Waals surface area contributed by atoms with Crippen LogP contribution in [0.25, 0.3) is 0 Å². The van der Waals surface area contributed by atoms with Crippen molar-refractivity contribution in [2.45, 2.75) is 39.3 Å². The number of hydrogen-bond acceptors (Lipinski definition) is 5. The van der Waals surface area contributed by atoms with Gasteiger partial charge >= 0.3 is 0 Å². The molecule has 1 saturated heterocycles. The summed E-state index contributed by atoms with van der Waals surface area (Å²) < 4.78 is 17.0. The molecule has 2 aromatic carbocycles. The van der Waals surface area contributed by atoms with Gasteiger partial charge in [-0.25, -0.2) is 0 Å². The Hall–Kier alpha value is -2.99. The molecule has 1 heterocycles. The summed E-state index contributed by atoms with van der Waals surface area (Å²) in [5.41, 5.74) is 2.87. The molecule has 0 bridgehead atoms. The highest BCUT2D eigenvalue weighted by Crippen LogP contribution is 2.39. The number of hydrogen-bond donors (Lipinski definition) is 1. The predicted molar refractivity (Wildman–Crippen MR) is 127 cm³/mol. The summed E-state index contributed by atoms with van der Waals surface area (Å²) in [5.74, 6) is 1.31. The van der Waals surface area contributed by atoms with Crippen LogP contribution in [0.5, 0.6) is 17.2 Å². The summed E-state index contributed by atoms with van der Waals surface area (Å²) in [6.07, 6.45) is 4.13. The highest BCUT2D eigenvalue weighted by atomic mass is 16.5. The van der Waals surface area contributed by atoms with E-state index in [-0.39, 0.29) is 11.9 Å². The fourth-order valence-corrected chi connectivity index (χ4v) is 3.72. The van der Waals surface area contributed by atoms with Gasteiger partial charge in [-0.1, -0.05) is 42.0 Å². The summed E-state index contributed by atoms with van der Waals surface area (Å²) in [6, 6.07) is 13.5. The van der Waals surface area contributed by atoms with Crippen LogP contribution in [0.3, 0.4) is 0 Å².